The van der Waals surface area contributed by atoms with Crippen molar-refractivity contribution in [2.75, 3.05) is 0 Å². The zero-order chi connectivity index (χ0) is 90.3. The van der Waals surface area contributed by atoms with Gasteiger partial charge < -0.3 is 13.7 Å². The molecular weight excluding hydrogens is 1610 g/mol. The summed E-state index contributed by atoms with van der Waals surface area (Å²) in [4.78, 5) is 15.7. The predicted molar refractivity (Wildman–Crippen MR) is 546 cm³/mol. The van der Waals surface area contributed by atoms with E-state index in [-0.39, 0.29) is 0 Å². The lowest BCUT2D eigenvalue weighted by molar-refractivity contribution is 1.05. The van der Waals surface area contributed by atoms with Gasteiger partial charge in [-0.2, -0.15) is 15.8 Å². The smallest absolute Gasteiger partial charge is 0.138 e. The van der Waals surface area contributed by atoms with Crippen molar-refractivity contribution < 1.29 is 0 Å². The van der Waals surface area contributed by atoms with Crippen LogP contribution in [0.1, 0.15) is 83.5 Å². The summed E-state index contributed by atoms with van der Waals surface area (Å²) in [6.45, 7) is 26.1. The van der Waals surface area contributed by atoms with E-state index in [1.807, 2.05) is 67.1 Å². The Bertz CT molecular complexity index is 8810. The molecule has 9 heterocycles. The summed E-state index contributed by atoms with van der Waals surface area (Å²) < 4.78 is 14.1. The van der Waals surface area contributed by atoms with Crippen LogP contribution < -0.4 is 0 Å². The molecule has 0 unspecified atom stereocenters. The second-order valence-electron chi connectivity index (χ2n) is 35.4. The molecule has 12 nitrogen and oxygen atoms in total. The SMILES string of the molecule is Cc1cccc2c3cccc(C)c3n(-c3cc(-c4ccc(C#N)cc4)c(-n4c5c(C)cccc5c5cccc(C)c54)cn3)c12.Cc1cccc2c3cccc(C)c3n(-c3cc(-c4cccc(C#N)c4)c(-n4c5c(C)cccc5c5cccc(C)c54)cn3)c12.Cc1cccc2c3cccc(C)c3n(-c3cc(-c4ccccc4C#N)c(-n4c5c(C)cccc5c5cccc(C)c54)cn3)c12. The first kappa shape index (κ1) is 80.8. The van der Waals surface area contributed by atoms with Crippen molar-refractivity contribution in [3.05, 3.63) is 411 Å². The number of aromatic nitrogens is 9. The number of pyridine rings is 3. The third-order valence-electron chi connectivity index (χ3n) is 27.3. The van der Waals surface area contributed by atoms with E-state index >= 15 is 0 Å². The molecular formula is C120H90N12. The standard InChI is InChI=1S/3C40H30N4/c1-24-10-5-16-30-31-17-6-11-25(2)38(31)43(37(24)30)35-23-42-36(21-34(35)29-15-9-14-28(20-29)22-41)44-39-26(3)12-7-18-32(39)33-19-8-13-27(4)40(33)44;1-24-9-5-13-30-31-14-6-10-25(2)38(31)43(37(24)30)35-23-42-36(21-34(35)29-19-17-28(22-41)18-20-29)44-39-26(3)11-7-15-32(39)33-16-8-12-27(4)40(33)44;1-24-11-7-17-30-31-18-8-12-25(2)38(31)43(37(24)30)35-23-42-36(21-34(35)29-16-6-5-15-28(29)22-41)44-39-26(3)13-9-19-32(39)33-20-10-14-27(4)40(33)44/h3*5-21,23H,1-4H3. The van der Waals surface area contributed by atoms with Gasteiger partial charge in [0.15, 0.2) is 0 Å². The van der Waals surface area contributed by atoms with Crippen molar-refractivity contribution >= 4 is 131 Å². The number of aryl methyl sites for hydroxylation is 12. The van der Waals surface area contributed by atoms with Crippen LogP contribution in [-0.2, 0) is 0 Å². The monoisotopic (exact) mass is 1700 g/mol. The second-order valence-corrected chi connectivity index (χ2v) is 35.4. The number of nitriles is 3. The molecule has 24 rings (SSSR count). The predicted octanol–water partition coefficient (Wildman–Crippen LogP) is 30.1. The quantitative estimate of drug-likeness (QED) is 0.141. The summed E-state index contributed by atoms with van der Waals surface area (Å²) in [6, 6.07) is 116. The van der Waals surface area contributed by atoms with Crippen molar-refractivity contribution in [1.82, 2.24) is 42.4 Å². The van der Waals surface area contributed by atoms with Crippen molar-refractivity contribution in [2.24, 2.45) is 0 Å². The summed E-state index contributed by atoms with van der Waals surface area (Å²) in [7, 11) is 0. The van der Waals surface area contributed by atoms with E-state index in [9.17, 15) is 15.8 Å². The molecule has 24 aromatic rings. The minimum Gasteiger partial charge on any atom is -0.307 e. The highest BCUT2D eigenvalue weighted by atomic mass is 15.1. The van der Waals surface area contributed by atoms with E-state index in [0.717, 1.165) is 101 Å². The fraction of sp³-hybridized carbons (Fsp3) is 0.100. The van der Waals surface area contributed by atoms with Crippen LogP contribution >= 0.6 is 0 Å². The summed E-state index contributed by atoms with van der Waals surface area (Å²) in [5.41, 5.74) is 39.2. The van der Waals surface area contributed by atoms with E-state index in [0.29, 0.717) is 16.7 Å². The van der Waals surface area contributed by atoms with Crippen LogP contribution in [0.25, 0.3) is 199 Å². The van der Waals surface area contributed by atoms with Gasteiger partial charge in [0.25, 0.3) is 0 Å². The van der Waals surface area contributed by atoms with Gasteiger partial charge >= 0.3 is 0 Å². The van der Waals surface area contributed by atoms with Gasteiger partial charge in [0, 0.05) is 86.9 Å². The van der Waals surface area contributed by atoms with Gasteiger partial charge in [0.05, 0.1) is 137 Å². The molecule has 630 valence electrons. The van der Waals surface area contributed by atoms with Gasteiger partial charge in [-0.3, -0.25) is 13.7 Å². The van der Waals surface area contributed by atoms with E-state index in [1.54, 1.807) is 0 Å². The number of benzene rings is 15. The topological polar surface area (TPSA) is 140 Å². The van der Waals surface area contributed by atoms with Crippen LogP contribution in [0.2, 0.25) is 0 Å². The highest BCUT2D eigenvalue weighted by Gasteiger charge is 2.29. The molecule has 9 aromatic heterocycles. The molecule has 0 saturated carbocycles. The largest absolute Gasteiger partial charge is 0.307 e. The molecule has 0 saturated heterocycles. The highest BCUT2D eigenvalue weighted by Crippen LogP contribution is 2.48. The Balaban J connectivity index is 0.000000116. The normalized spacial score (nSPS) is 11.6. The third-order valence-corrected chi connectivity index (χ3v) is 27.3. The number of fused-ring (bicyclic) bond motifs is 18. The minimum atomic E-state index is 0.630. The zero-order valence-corrected chi connectivity index (χ0v) is 75.5. The molecule has 0 aliphatic rings. The van der Waals surface area contributed by atoms with Gasteiger partial charge in [0.1, 0.15) is 17.5 Å². The molecule has 0 atom stereocenters. The molecule has 12 heteroatoms. The van der Waals surface area contributed by atoms with Crippen LogP contribution in [0.4, 0.5) is 0 Å². The average Bonchev–Trinajstić information content (AvgIpc) is 1.57. The van der Waals surface area contributed by atoms with Gasteiger partial charge in [0.2, 0.25) is 0 Å². The van der Waals surface area contributed by atoms with Crippen LogP contribution in [-0.4, -0.2) is 42.4 Å². The van der Waals surface area contributed by atoms with Crippen LogP contribution in [0.3, 0.4) is 0 Å². The Labute approximate surface area is 764 Å². The van der Waals surface area contributed by atoms with Crippen LogP contribution in [0.15, 0.2) is 328 Å². The van der Waals surface area contributed by atoms with Gasteiger partial charge in [-0.25, -0.2) is 15.0 Å². The lowest BCUT2D eigenvalue weighted by atomic mass is 9.99. The molecule has 0 fully saturated rings. The van der Waals surface area contributed by atoms with Crippen LogP contribution in [0, 0.1) is 117 Å². The summed E-state index contributed by atoms with van der Waals surface area (Å²) in [6.07, 6.45) is 6.06. The Morgan fingerprint density at radius 2 is 0.424 bits per heavy atom. The Kier molecular flexibility index (Phi) is 19.5. The summed E-state index contributed by atoms with van der Waals surface area (Å²) in [5.74, 6) is 2.55. The maximum absolute atomic E-state index is 10.3. The first-order chi connectivity index (χ1) is 64.4. The molecule has 0 radical (unpaired) electrons. The summed E-state index contributed by atoms with van der Waals surface area (Å²) >= 11 is 0. The van der Waals surface area contributed by atoms with Gasteiger partial charge in [-0.1, -0.05) is 261 Å². The van der Waals surface area contributed by atoms with E-state index in [2.05, 4.69) is 390 Å². The molecule has 0 N–H and O–H groups in total. The van der Waals surface area contributed by atoms with Gasteiger partial charge in [-0.15, -0.1) is 0 Å². The second kappa shape index (κ2) is 31.8. The van der Waals surface area contributed by atoms with Crippen molar-refractivity contribution in [1.29, 1.82) is 15.8 Å². The number of para-hydroxylation sites is 12. The first-order valence-corrected chi connectivity index (χ1v) is 44.9. The minimum absolute atomic E-state index is 0.630. The highest BCUT2D eigenvalue weighted by molar-refractivity contribution is 6.17. The fourth-order valence-electron chi connectivity index (χ4n) is 21.3. The zero-order valence-electron chi connectivity index (χ0n) is 75.5. The van der Waals surface area contributed by atoms with Crippen molar-refractivity contribution in [2.45, 2.75) is 83.1 Å². The summed E-state index contributed by atoms with van der Waals surface area (Å²) in [5, 5.41) is 44.3. The molecule has 132 heavy (non-hydrogen) atoms. The molecule has 0 aliphatic carbocycles. The molecule has 0 spiro atoms. The Morgan fingerprint density at radius 3 is 0.689 bits per heavy atom. The van der Waals surface area contributed by atoms with E-state index in [4.69, 9.17) is 15.0 Å². The third kappa shape index (κ3) is 12.6. The average molecular weight is 1700 g/mol. The lowest BCUT2D eigenvalue weighted by Crippen LogP contribution is -2.05. The number of hydrogen-bond donors (Lipinski definition) is 0. The molecule has 0 bridgehead atoms. The first-order valence-electron chi connectivity index (χ1n) is 44.9. The Hall–Kier alpha value is -17.0. The lowest BCUT2D eigenvalue weighted by Gasteiger charge is -2.18. The maximum atomic E-state index is 10.3. The number of nitrogens with zero attached hydrogens (tertiary/aromatic N) is 12. The molecule has 15 aromatic carbocycles. The number of hydrogen-bond acceptors (Lipinski definition) is 6. The van der Waals surface area contributed by atoms with Gasteiger partial charge in [-0.05, 0) is 210 Å². The fourth-order valence-corrected chi connectivity index (χ4v) is 21.3. The van der Waals surface area contributed by atoms with E-state index in [1.165, 1.54) is 164 Å². The molecule has 0 amide bonds. The Morgan fingerprint density at radius 1 is 0.189 bits per heavy atom. The number of rotatable bonds is 9. The van der Waals surface area contributed by atoms with Crippen LogP contribution in [0.5, 0.6) is 0 Å². The van der Waals surface area contributed by atoms with Crippen molar-refractivity contribution in [3.8, 4) is 86.1 Å². The maximum Gasteiger partial charge on any atom is 0.138 e. The molecule has 0 aliphatic heterocycles. The van der Waals surface area contributed by atoms with E-state index < -0.39 is 0 Å². The van der Waals surface area contributed by atoms with Crippen molar-refractivity contribution in [3.63, 3.8) is 0 Å².